The molecule has 0 spiro atoms. The zero-order valence-corrected chi connectivity index (χ0v) is 9.67. The van der Waals surface area contributed by atoms with E-state index in [4.69, 9.17) is 11.6 Å². The monoisotopic (exact) mass is 225 g/mol. The Bertz CT molecular complexity index is 329. The number of hydrogen-bond donors (Lipinski definition) is 1. The number of nitrogens with zero attached hydrogens (tertiary/aromatic N) is 2. The summed E-state index contributed by atoms with van der Waals surface area (Å²) >= 11 is 5.93. The lowest BCUT2D eigenvalue weighted by Gasteiger charge is -2.19. The molecule has 1 aliphatic rings. The second-order valence-corrected chi connectivity index (χ2v) is 4.45. The average molecular weight is 226 g/mol. The van der Waals surface area contributed by atoms with Crippen LogP contribution in [0.25, 0.3) is 0 Å². The lowest BCUT2D eigenvalue weighted by atomic mass is 10.1. The van der Waals surface area contributed by atoms with Crippen molar-refractivity contribution in [3.63, 3.8) is 0 Å². The van der Waals surface area contributed by atoms with Crippen LogP contribution >= 0.6 is 11.6 Å². The second kappa shape index (κ2) is 4.79. The molecule has 0 saturated heterocycles. The van der Waals surface area contributed by atoms with Crippen molar-refractivity contribution in [1.82, 2.24) is 9.97 Å². The molecular formula is C11H16ClN3. The van der Waals surface area contributed by atoms with Gasteiger partial charge in [0, 0.05) is 23.7 Å². The van der Waals surface area contributed by atoms with Gasteiger partial charge in [-0.05, 0) is 25.7 Å². The molecule has 0 amide bonds. The van der Waals surface area contributed by atoms with Crippen LogP contribution in [0.15, 0.2) is 12.4 Å². The Balaban J connectivity index is 2.02. The van der Waals surface area contributed by atoms with Gasteiger partial charge in [-0.2, -0.15) is 0 Å². The number of nitrogens with one attached hydrogen (secondary N) is 1. The fourth-order valence-corrected chi connectivity index (χ4v) is 2.50. The standard InChI is InChI=1S/C11H16ClN3/c1-8-5-11(14-7-13-8)15-10-4-2-3-9(10)6-12/h5,7,9-10H,2-4,6H2,1H3,(H,13,14,15). The summed E-state index contributed by atoms with van der Waals surface area (Å²) in [5.41, 5.74) is 0.993. The van der Waals surface area contributed by atoms with E-state index in [0.29, 0.717) is 12.0 Å². The van der Waals surface area contributed by atoms with Crippen molar-refractivity contribution >= 4 is 17.4 Å². The Kier molecular flexibility index (Phi) is 3.41. The number of aromatic nitrogens is 2. The Labute approximate surface area is 95.3 Å². The van der Waals surface area contributed by atoms with Gasteiger partial charge in [0.05, 0.1) is 0 Å². The average Bonchev–Trinajstić information content (AvgIpc) is 2.65. The first-order valence-electron chi connectivity index (χ1n) is 5.40. The second-order valence-electron chi connectivity index (χ2n) is 4.14. The van der Waals surface area contributed by atoms with Crippen LogP contribution in [0.4, 0.5) is 5.82 Å². The van der Waals surface area contributed by atoms with E-state index in [1.807, 2.05) is 13.0 Å². The van der Waals surface area contributed by atoms with Gasteiger partial charge >= 0.3 is 0 Å². The zero-order chi connectivity index (χ0) is 10.7. The number of halogens is 1. The highest BCUT2D eigenvalue weighted by Gasteiger charge is 2.26. The minimum Gasteiger partial charge on any atom is -0.367 e. The summed E-state index contributed by atoms with van der Waals surface area (Å²) in [5, 5.41) is 3.45. The summed E-state index contributed by atoms with van der Waals surface area (Å²) < 4.78 is 0. The fourth-order valence-electron chi connectivity index (χ4n) is 2.13. The van der Waals surface area contributed by atoms with E-state index in [2.05, 4.69) is 15.3 Å². The van der Waals surface area contributed by atoms with Gasteiger partial charge in [0.2, 0.25) is 0 Å². The van der Waals surface area contributed by atoms with E-state index in [9.17, 15) is 0 Å². The first kappa shape index (κ1) is 10.7. The van der Waals surface area contributed by atoms with E-state index in [1.54, 1.807) is 6.33 Å². The van der Waals surface area contributed by atoms with Crippen molar-refractivity contribution in [1.29, 1.82) is 0 Å². The summed E-state index contributed by atoms with van der Waals surface area (Å²) in [6.07, 6.45) is 5.28. The third kappa shape index (κ3) is 2.59. The van der Waals surface area contributed by atoms with Crippen LogP contribution < -0.4 is 5.32 Å². The number of rotatable bonds is 3. The quantitative estimate of drug-likeness (QED) is 0.804. The van der Waals surface area contributed by atoms with Crippen molar-refractivity contribution in [2.24, 2.45) is 5.92 Å². The SMILES string of the molecule is Cc1cc(NC2CCCC2CCl)ncn1. The zero-order valence-electron chi connectivity index (χ0n) is 8.91. The number of alkyl halides is 1. The molecular weight excluding hydrogens is 210 g/mol. The Morgan fingerprint density at radius 1 is 1.47 bits per heavy atom. The minimum atomic E-state index is 0.483. The highest BCUT2D eigenvalue weighted by molar-refractivity contribution is 6.18. The molecule has 1 saturated carbocycles. The molecule has 1 fully saturated rings. The molecule has 0 aliphatic heterocycles. The molecule has 1 aromatic heterocycles. The molecule has 2 unspecified atom stereocenters. The summed E-state index contributed by atoms with van der Waals surface area (Å²) in [6, 6.07) is 2.46. The van der Waals surface area contributed by atoms with Crippen molar-refractivity contribution in [2.75, 3.05) is 11.2 Å². The fraction of sp³-hybridized carbons (Fsp3) is 0.636. The maximum absolute atomic E-state index is 5.93. The van der Waals surface area contributed by atoms with E-state index in [1.165, 1.54) is 19.3 Å². The van der Waals surface area contributed by atoms with Crippen LogP contribution in [0.5, 0.6) is 0 Å². The highest BCUT2D eigenvalue weighted by atomic mass is 35.5. The molecule has 15 heavy (non-hydrogen) atoms. The molecule has 3 nitrogen and oxygen atoms in total. The smallest absolute Gasteiger partial charge is 0.129 e. The van der Waals surface area contributed by atoms with Gasteiger partial charge in [-0.15, -0.1) is 11.6 Å². The molecule has 2 atom stereocenters. The molecule has 0 bridgehead atoms. The van der Waals surface area contributed by atoms with E-state index in [0.717, 1.165) is 17.4 Å². The van der Waals surface area contributed by atoms with Crippen molar-refractivity contribution < 1.29 is 0 Å². The normalized spacial score (nSPS) is 25.5. The molecule has 4 heteroatoms. The molecule has 0 radical (unpaired) electrons. The number of aryl methyl sites for hydroxylation is 1. The molecule has 0 aromatic carbocycles. The summed E-state index contributed by atoms with van der Waals surface area (Å²) in [7, 11) is 0. The molecule has 2 rings (SSSR count). The van der Waals surface area contributed by atoms with Gasteiger partial charge in [0.15, 0.2) is 0 Å². The Morgan fingerprint density at radius 2 is 2.33 bits per heavy atom. The largest absolute Gasteiger partial charge is 0.367 e. The summed E-state index contributed by atoms with van der Waals surface area (Å²) in [5.74, 6) is 2.24. The third-order valence-electron chi connectivity index (χ3n) is 2.99. The first-order valence-corrected chi connectivity index (χ1v) is 5.94. The molecule has 1 aliphatic carbocycles. The van der Waals surface area contributed by atoms with Crippen LogP contribution in [0.1, 0.15) is 25.0 Å². The van der Waals surface area contributed by atoms with Crippen molar-refractivity contribution in [2.45, 2.75) is 32.2 Å². The minimum absolute atomic E-state index is 0.483. The van der Waals surface area contributed by atoms with Gasteiger partial charge in [-0.25, -0.2) is 9.97 Å². The Hall–Kier alpha value is -0.830. The third-order valence-corrected chi connectivity index (χ3v) is 3.39. The lowest BCUT2D eigenvalue weighted by molar-refractivity contribution is 0.561. The summed E-state index contributed by atoms with van der Waals surface area (Å²) in [6.45, 7) is 1.97. The Morgan fingerprint density at radius 3 is 3.07 bits per heavy atom. The van der Waals surface area contributed by atoms with Crippen LogP contribution in [0.3, 0.4) is 0 Å². The van der Waals surface area contributed by atoms with Gasteiger partial charge in [-0.3, -0.25) is 0 Å². The maximum Gasteiger partial charge on any atom is 0.129 e. The predicted octanol–water partition coefficient (Wildman–Crippen LogP) is 2.60. The maximum atomic E-state index is 5.93. The van der Waals surface area contributed by atoms with Gasteiger partial charge < -0.3 is 5.32 Å². The summed E-state index contributed by atoms with van der Waals surface area (Å²) in [4.78, 5) is 8.28. The lowest BCUT2D eigenvalue weighted by Crippen LogP contribution is -2.25. The topological polar surface area (TPSA) is 37.8 Å². The molecule has 1 N–H and O–H groups in total. The number of hydrogen-bond acceptors (Lipinski definition) is 3. The van der Waals surface area contributed by atoms with Gasteiger partial charge in [0.1, 0.15) is 12.1 Å². The van der Waals surface area contributed by atoms with Gasteiger partial charge in [-0.1, -0.05) is 6.42 Å². The van der Waals surface area contributed by atoms with Crippen molar-refractivity contribution in [3.8, 4) is 0 Å². The number of anilines is 1. The van der Waals surface area contributed by atoms with Crippen LogP contribution in [0.2, 0.25) is 0 Å². The van der Waals surface area contributed by atoms with E-state index < -0.39 is 0 Å². The molecule has 1 aromatic rings. The molecule has 82 valence electrons. The highest BCUT2D eigenvalue weighted by Crippen LogP contribution is 2.28. The van der Waals surface area contributed by atoms with E-state index >= 15 is 0 Å². The van der Waals surface area contributed by atoms with E-state index in [-0.39, 0.29) is 0 Å². The predicted molar refractivity (Wildman–Crippen MR) is 62.2 cm³/mol. The van der Waals surface area contributed by atoms with Crippen LogP contribution in [-0.2, 0) is 0 Å². The first-order chi connectivity index (χ1) is 7.29. The van der Waals surface area contributed by atoms with Crippen molar-refractivity contribution in [3.05, 3.63) is 18.1 Å². The van der Waals surface area contributed by atoms with Crippen LogP contribution in [0, 0.1) is 12.8 Å². The molecule has 1 heterocycles. The van der Waals surface area contributed by atoms with Crippen LogP contribution in [-0.4, -0.2) is 21.9 Å². The van der Waals surface area contributed by atoms with Gasteiger partial charge in [0.25, 0.3) is 0 Å².